The molecule has 3 saturated heterocycles. The highest BCUT2D eigenvalue weighted by Gasteiger charge is 2.80. The SMILES string of the molecule is CC1CC23O[C@@]1(C)[C@H](C(=O)NCc1ccccc1)[C@H]2C(=O)N([C@H](CO)c1ccccc1)C3C(=O)Nc1ccc(Cl)cc1. The average molecular weight is 588 g/mol. The van der Waals surface area contributed by atoms with Crippen LogP contribution in [-0.4, -0.2) is 51.6 Å². The van der Waals surface area contributed by atoms with Crippen molar-refractivity contribution >= 4 is 35.0 Å². The Morgan fingerprint density at radius 3 is 2.31 bits per heavy atom. The number of carbonyl (C=O) groups is 3. The van der Waals surface area contributed by atoms with Gasteiger partial charge in [-0.25, -0.2) is 0 Å². The quantitative estimate of drug-likeness (QED) is 0.363. The topological polar surface area (TPSA) is 108 Å². The first kappa shape index (κ1) is 28.4. The van der Waals surface area contributed by atoms with E-state index in [1.807, 2.05) is 74.5 Å². The largest absolute Gasteiger partial charge is 0.394 e. The summed E-state index contributed by atoms with van der Waals surface area (Å²) in [6.45, 7) is 3.79. The summed E-state index contributed by atoms with van der Waals surface area (Å²) in [5.41, 5.74) is -0.0628. The van der Waals surface area contributed by atoms with E-state index in [-0.39, 0.29) is 17.7 Å². The van der Waals surface area contributed by atoms with E-state index in [2.05, 4.69) is 10.6 Å². The van der Waals surface area contributed by atoms with Crippen LogP contribution in [0.1, 0.15) is 37.4 Å². The van der Waals surface area contributed by atoms with Crippen molar-refractivity contribution in [3.63, 3.8) is 0 Å². The van der Waals surface area contributed by atoms with Crippen molar-refractivity contribution in [3.8, 4) is 0 Å². The van der Waals surface area contributed by atoms with Crippen molar-refractivity contribution < 1.29 is 24.2 Å². The van der Waals surface area contributed by atoms with Gasteiger partial charge in [0, 0.05) is 17.3 Å². The van der Waals surface area contributed by atoms with Crippen molar-refractivity contribution in [2.24, 2.45) is 17.8 Å². The maximum atomic E-state index is 14.6. The number of likely N-dealkylation sites (tertiary alicyclic amines) is 1. The van der Waals surface area contributed by atoms with Crippen LogP contribution in [-0.2, 0) is 25.7 Å². The number of benzene rings is 3. The van der Waals surface area contributed by atoms with Gasteiger partial charge in [0.05, 0.1) is 30.1 Å². The lowest BCUT2D eigenvalue weighted by molar-refractivity contribution is -0.149. The molecule has 3 aliphatic rings. The Labute approximate surface area is 250 Å². The number of nitrogens with zero attached hydrogens (tertiary/aromatic N) is 1. The van der Waals surface area contributed by atoms with Crippen molar-refractivity contribution in [3.05, 3.63) is 101 Å². The van der Waals surface area contributed by atoms with Crippen LogP contribution in [0.25, 0.3) is 0 Å². The van der Waals surface area contributed by atoms with Gasteiger partial charge >= 0.3 is 0 Å². The summed E-state index contributed by atoms with van der Waals surface area (Å²) in [7, 11) is 0. The van der Waals surface area contributed by atoms with E-state index in [4.69, 9.17) is 16.3 Å². The van der Waals surface area contributed by atoms with Crippen molar-refractivity contribution in [2.75, 3.05) is 11.9 Å². The summed E-state index contributed by atoms with van der Waals surface area (Å²) >= 11 is 6.06. The number of hydrogen-bond donors (Lipinski definition) is 3. The van der Waals surface area contributed by atoms with Gasteiger partial charge in [0.25, 0.3) is 0 Å². The lowest BCUT2D eigenvalue weighted by Gasteiger charge is -2.37. The maximum Gasteiger partial charge on any atom is 0.250 e. The highest BCUT2D eigenvalue weighted by atomic mass is 35.5. The molecule has 3 heterocycles. The second-order valence-corrected chi connectivity index (χ2v) is 12.2. The summed E-state index contributed by atoms with van der Waals surface area (Å²) in [6, 6.07) is 23.5. The summed E-state index contributed by atoms with van der Waals surface area (Å²) in [6.07, 6.45) is 0.421. The van der Waals surface area contributed by atoms with E-state index in [1.165, 1.54) is 4.90 Å². The first-order valence-electron chi connectivity index (χ1n) is 14.3. The number of carbonyl (C=O) groups excluding carboxylic acids is 3. The van der Waals surface area contributed by atoms with Gasteiger partial charge in [-0.05, 0) is 54.7 Å². The summed E-state index contributed by atoms with van der Waals surface area (Å²) in [4.78, 5) is 44.2. The van der Waals surface area contributed by atoms with Crippen LogP contribution in [0, 0.1) is 17.8 Å². The number of rotatable bonds is 8. The fourth-order valence-corrected chi connectivity index (χ4v) is 7.51. The zero-order valence-electron chi connectivity index (χ0n) is 23.5. The fraction of sp³-hybridized carbons (Fsp3) is 0.364. The molecule has 7 atom stereocenters. The van der Waals surface area contributed by atoms with Crippen molar-refractivity contribution in [1.82, 2.24) is 10.2 Å². The molecule has 6 rings (SSSR count). The number of anilines is 1. The number of halogens is 1. The number of amides is 3. The van der Waals surface area contributed by atoms with Crippen molar-refractivity contribution in [2.45, 2.75) is 50.1 Å². The molecule has 3 unspecified atom stereocenters. The second kappa shape index (κ2) is 10.8. The Morgan fingerprint density at radius 1 is 1.02 bits per heavy atom. The van der Waals surface area contributed by atoms with Crippen LogP contribution in [0.4, 0.5) is 5.69 Å². The predicted molar refractivity (Wildman–Crippen MR) is 158 cm³/mol. The molecule has 3 N–H and O–H groups in total. The number of aliphatic hydroxyl groups is 1. The first-order valence-corrected chi connectivity index (χ1v) is 14.6. The van der Waals surface area contributed by atoms with Crippen molar-refractivity contribution in [1.29, 1.82) is 0 Å². The lowest BCUT2D eigenvalue weighted by Crippen LogP contribution is -2.55. The van der Waals surface area contributed by atoms with Crippen LogP contribution in [0.5, 0.6) is 0 Å². The van der Waals surface area contributed by atoms with E-state index in [1.54, 1.807) is 24.3 Å². The highest BCUT2D eigenvalue weighted by Crippen LogP contribution is 2.66. The molecule has 0 aromatic heterocycles. The smallest absolute Gasteiger partial charge is 0.250 e. The lowest BCUT2D eigenvalue weighted by atomic mass is 9.62. The van der Waals surface area contributed by atoms with Gasteiger partial charge in [0.1, 0.15) is 11.6 Å². The van der Waals surface area contributed by atoms with E-state index >= 15 is 0 Å². The minimum atomic E-state index is -1.25. The third kappa shape index (κ3) is 4.49. The summed E-state index contributed by atoms with van der Waals surface area (Å²) in [5.74, 6) is -2.91. The normalized spacial score (nSPS) is 30.2. The van der Waals surface area contributed by atoms with Crippen LogP contribution in [0.3, 0.4) is 0 Å². The van der Waals surface area contributed by atoms with E-state index in [0.717, 1.165) is 5.56 Å². The second-order valence-electron chi connectivity index (χ2n) is 11.8. The molecule has 3 aromatic carbocycles. The van der Waals surface area contributed by atoms with Gasteiger partial charge in [0.2, 0.25) is 17.7 Å². The Bertz CT molecular complexity index is 1490. The zero-order valence-corrected chi connectivity index (χ0v) is 24.3. The van der Waals surface area contributed by atoms with Crippen LogP contribution in [0.15, 0.2) is 84.9 Å². The fourth-order valence-electron chi connectivity index (χ4n) is 7.38. The average Bonchev–Trinajstić information content (AvgIpc) is 3.51. The Hall–Kier alpha value is -3.72. The van der Waals surface area contributed by atoms with Gasteiger partial charge in [-0.1, -0.05) is 79.2 Å². The molecule has 1 spiro atoms. The predicted octanol–water partition coefficient (Wildman–Crippen LogP) is 4.34. The molecular weight excluding hydrogens is 554 g/mol. The first-order chi connectivity index (χ1) is 20.2. The van der Waals surface area contributed by atoms with Crippen LogP contribution in [0.2, 0.25) is 5.02 Å². The van der Waals surface area contributed by atoms with Gasteiger partial charge in [-0.2, -0.15) is 0 Å². The third-order valence-corrected chi connectivity index (χ3v) is 9.65. The standard InChI is InChI=1S/C33H34ClN3O5/c1-20-17-33-27(26(32(20,2)42-33)29(39)35-18-21-9-5-3-6-10-21)31(41)37(25(19-38)22-11-7-4-8-12-22)28(33)30(40)36-24-15-13-23(34)14-16-24/h3-16,20,25-28,38H,17-19H2,1-2H3,(H,35,39)(H,36,40)/t20?,25-,26+,27+,28?,32-,33?/m1/s1. The van der Waals surface area contributed by atoms with Gasteiger partial charge in [-0.3, -0.25) is 14.4 Å². The molecule has 9 heteroatoms. The molecule has 3 aromatic rings. The van der Waals surface area contributed by atoms with E-state index in [0.29, 0.717) is 29.2 Å². The van der Waals surface area contributed by atoms with Crippen LogP contribution >= 0.6 is 11.6 Å². The highest BCUT2D eigenvalue weighted by molar-refractivity contribution is 6.30. The molecule has 0 radical (unpaired) electrons. The van der Waals surface area contributed by atoms with Gasteiger partial charge < -0.3 is 25.4 Å². The monoisotopic (exact) mass is 587 g/mol. The molecule has 3 aliphatic heterocycles. The molecule has 218 valence electrons. The molecule has 0 aliphatic carbocycles. The number of hydrogen-bond acceptors (Lipinski definition) is 5. The van der Waals surface area contributed by atoms with Gasteiger partial charge in [0.15, 0.2) is 0 Å². The zero-order chi connectivity index (χ0) is 29.6. The molecule has 0 saturated carbocycles. The molecule has 2 bridgehead atoms. The molecule has 3 amide bonds. The minimum absolute atomic E-state index is 0.107. The maximum absolute atomic E-state index is 14.6. The molecule has 8 nitrogen and oxygen atoms in total. The summed E-state index contributed by atoms with van der Waals surface area (Å²) < 4.78 is 6.80. The van der Waals surface area contributed by atoms with E-state index < -0.39 is 47.6 Å². The van der Waals surface area contributed by atoms with E-state index in [9.17, 15) is 19.5 Å². The molecular formula is C33H34ClN3O5. The Balaban J connectivity index is 1.41. The summed E-state index contributed by atoms with van der Waals surface area (Å²) in [5, 5.41) is 17.1. The Morgan fingerprint density at radius 2 is 1.67 bits per heavy atom. The van der Waals surface area contributed by atoms with Gasteiger partial charge in [-0.15, -0.1) is 0 Å². The number of fused-ring (bicyclic) bond motifs is 1. The number of aliphatic hydroxyl groups excluding tert-OH is 1. The van der Waals surface area contributed by atoms with Crippen LogP contribution < -0.4 is 10.6 Å². The molecule has 42 heavy (non-hydrogen) atoms. The Kier molecular flexibility index (Phi) is 7.33. The number of nitrogens with one attached hydrogen (secondary N) is 2. The third-order valence-electron chi connectivity index (χ3n) is 9.40. The minimum Gasteiger partial charge on any atom is -0.394 e. The number of ether oxygens (including phenoxy) is 1. The molecule has 3 fully saturated rings.